The number of ether oxygens (including phenoxy) is 1. The second-order valence-electron chi connectivity index (χ2n) is 4.63. The lowest BCUT2D eigenvalue weighted by Gasteiger charge is -2.26. The van der Waals surface area contributed by atoms with Crippen LogP contribution in [0, 0.1) is 5.41 Å². The van der Waals surface area contributed by atoms with Crippen LogP contribution in [0.25, 0.3) is 0 Å². The predicted molar refractivity (Wildman–Crippen MR) is 60.3 cm³/mol. The number of nitrogens with two attached hydrogens (primary N) is 1. The quantitative estimate of drug-likeness (QED) is 0.640. The number of unbranched alkanes of at least 4 members (excludes halogenated alkanes) is 1. The van der Waals surface area contributed by atoms with E-state index in [0.717, 1.165) is 19.8 Å². The molecule has 0 aromatic rings. The largest absolute Gasteiger partial charge is 0.381 e. The van der Waals surface area contributed by atoms with Crippen molar-refractivity contribution in [2.75, 3.05) is 19.8 Å². The van der Waals surface area contributed by atoms with Crippen LogP contribution in [0.2, 0.25) is 0 Å². The highest BCUT2D eigenvalue weighted by atomic mass is 16.5. The van der Waals surface area contributed by atoms with Gasteiger partial charge < -0.3 is 10.5 Å². The summed E-state index contributed by atoms with van der Waals surface area (Å²) in [6.45, 7) is 4.89. The Bertz CT molecular complexity index is 141. The maximum atomic E-state index is 5.85. The van der Waals surface area contributed by atoms with Gasteiger partial charge in [-0.15, -0.1) is 0 Å². The molecule has 0 heterocycles. The van der Waals surface area contributed by atoms with Gasteiger partial charge in [0.15, 0.2) is 0 Å². The van der Waals surface area contributed by atoms with Crippen molar-refractivity contribution in [1.82, 2.24) is 0 Å². The van der Waals surface area contributed by atoms with Crippen LogP contribution in [-0.4, -0.2) is 19.8 Å². The molecule has 84 valence electrons. The van der Waals surface area contributed by atoms with Gasteiger partial charge in [0.2, 0.25) is 0 Å². The molecular weight excluding hydrogens is 174 g/mol. The van der Waals surface area contributed by atoms with E-state index < -0.39 is 0 Å². The highest BCUT2D eigenvalue weighted by Crippen LogP contribution is 2.39. The zero-order valence-corrected chi connectivity index (χ0v) is 9.56. The first-order valence-corrected chi connectivity index (χ1v) is 6.11. The van der Waals surface area contributed by atoms with Crippen LogP contribution in [0.15, 0.2) is 0 Å². The third-order valence-corrected chi connectivity index (χ3v) is 3.52. The van der Waals surface area contributed by atoms with Crippen LogP contribution in [-0.2, 0) is 4.74 Å². The third kappa shape index (κ3) is 3.58. The Morgan fingerprint density at radius 1 is 1.21 bits per heavy atom. The first-order chi connectivity index (χ1) is 6.83. The summed E-state index contributed by atoms with van der Waals surface area (Å²) < 4.78 is 5.61. The van der Waals surface area contributed by atoms with Crippen molar-refractivity contribution >= 4 is 0 Å². The lowest BCUT2D eigenvalue weighted by atomic mass is 9.83. The molecular formula is C12H25NO. The molecule has 2 N–H and O–H groups in total. The van der Waals surface area contributed by atoms with E-state index in [2.05, 4.69) is 6.92 Å². The molecule has 0 amide bonds. The molecule has 1 aliphatic rings. The molecule has 0 atom stereocenters. The molecule has 0 aromatic heterocycles. The summed E-state index contributed by atoms with van der Waals surface area (Å²) in [7, 11) is 0. The van der Waals surface area contributed by atoms with Crippen LogP contribution in [0.3, 0.4) is 0 Å². The van der Waals surface area contributed by atoms with Gasteiger partial charge in [-0.25, -0.2) is 0 Å². The molecule has 1 rings (SSSR count). The van der Waals surface area contributed by atoms with E-state index >= 15 is 0 Å². The maximum absolute atomic E-state index is 5.85. The summed E-state index contributed by atoms with van der Waals surface area (Å²) >= 11 is 0. The van der Waals surface area contributed by atoms with Crippen molar-refractivity contribution in [3.05, 3.63) is 0 Å². The van der Waals surface area contributed by atoms with Gasteiger partial charge in [-0.05, 0) is 37.6 Å². The SMILES string of the molecule is CCCCOCCC1(CN)CCCC1. The van der Waals surface area contributed by atoms with Gasteiger partial charge in [-0.1, -0.05) is 26.2 Å². The molecule has 2 heteroatoms. The third-order valence-electron chi connectivity index (χ3n) is 3.52. The minimum atomic E-state index is 0.437. The van der Waals surface area contributed by atoms with Crippen molar-refractivity contribution in [3.8, 4) is 0 Å². The summed E-state index contributed by atoms with van der Waals surface area (Å²) in [4.78, 5) is 0. The second kappa shape index (κ2) is 6.41. The van der Waals surface area contributed by atoms with Crippen molar-refractivity contribution in [2.24, 2.45) is 11.1 Å². The van der Waals surface area contributed by atoms with Crippen molar-refractivity contribution in [2.45, 2.75) is 51.9 Å². The number of hydrogen-bond donors (Lipinski definition) is 1. The Morgan fingerprint density at radius 3 is 2.50 bits per heavy atom. The van der Waals surface area contributed by atoms with Crippen LogP contribution >= 0.6 is 0 Å². The Labute approximate surface area is 88.2 Å². The summed E-state index contributed by atoms with van der Waals surface area (Å²) in [5.74, 6) is 0. The van der Waals surface area contributed by atoms with Crippen molar-refractivity contribution in [1.29, 1.82) is 0 Å². The summed E-state index contributed by atoms with van der Waals surface area (Å²) in [6, 6.07) is 0. The predicted octanol–water partition coefficient (Wildman–Crippen LogP) is 2.71. The lowest BCUT2D eigenvalue weighted by Crippen LogP contribution is -2.28. The molecule has 2 nitrogen and oxygen atoms in total. The Morgan fingerprint density at radius 2 is 1.93 bits per heavy atom. The molecule has 0 saturated heterocycles. The van der Waals surface area contributed by atoms with Crippen LogP contribution in [0.4, 0.5) is 0 Å². The molecule has 1 saturated carbocycles. The van der Waals surface area contributed by atoms with Crippen molar-refractivity contribution < 1.29 is 4.74 Å². The van der Waals surface area contributed by atoms with Gasteiger partial charge in [0.1, 0.15) is 0 Å². The fourth-order valence-electron chi connectivity index (χ4n) is 2.32. The smallest absolute Gasteiger partial charge is 0.0471 e. The van der Waals surface area contributed by atoms with Crippen LogP contribution in [0.1, 0.15) is 51.9 Å². The van der Waals surface area contributed by atoms with Crippen molar-refractivity contribution in [3.63, 3.8) is 0 Å². The van der Waals surface area contributed by atoms with Gasteiger partial charge >= 0.3 is 0 Å². The highest BCUT2D eigenvalue weighted by Gasteiger charge is 2.31. The van der Waals surface area contributed by atoms with E-state index in [4.69, 9.17) is 10.5 Å². The number of rotatable bonds is 7. The maximum Gasteiger partial charge on any atom is 0.0471 e. The molecule has 1 aliphatic carbocycles. The highest BCUT2D eigenvalue weighted by molar-refractivity contribution is 4.85. The van der Waals surface area contributed by atoms with Gasteiger partial charge in [-0.3, -0.25) is 0 Å². The van der Waals surface area contributed by atoms with Gasteiger partial charge in [0.25, 0.3) is 0 Å². The molecule has 0 unspecified atom stereocenters. The molecule has 14 heavy (non-hydrogen) atoms. The standard InChI is InChI=1S/C12H25NO/c1-2-3-9-14-10-8-12(11-13)6-4-5-7-12/h2-11,13H2,1H3. The molecule has 1 fully saturated rings. The minimum absolute atomic E-state index is 0.437. The summed E-state index contributed by atoms with van der Waals surface area (Å²) in [5.41, 5.74) is 6.29. The minimum Gasteiger partial charge on any atom is -0.381 e. The van der Waals surface area contributed by atoms with E-state index in [1.807, 2.05) is 0 Å². The zero-order chi connectivity index (χ0) is 10.3. The van der Waals surface area contributed by atoms with E-state index in [1.54, 1.807) is 0 Å². The Balaban J connectivity index is 2.08. The van der Waals surface area contributed by atoms with Gasteiger partial charge in [-0.2, -0.15) is 0 Å². The Hall–Kier alpha value is -0.0800. The van der Waals surface area contributed by atoms with Gasteiger partial charge in [0, 0.05) is 13.2 Å². The summed E-state index contributed by atoms with van der Waals surface area (Å²) in [5, 5.41) is 0. The van der Waals surface area contributed by atoms with Crippen LogP contribution < -0.4 is 5.73 Å². The fourth-order valence-corrected chi connectivity index (χ4v) is 2.32. The second-order valence-corrected chi connectivity index (χ2v) is 4.63. The fraction of sp³-hybridized carbons (Fsp3) is 1.00. The van der Waals surface area contributed by atoms with Crippen LogP contribution in [0.5, 0.6) is 0 Å². The van der Waals surface area contributed by atoms with E-state index in [1.165, 1.54) is 44.9 Å². The Kier molecular flexibility index (Phi) is 5.49. The molecule has 0 aromatic carbocycles. The van der Waals surface area contributed by atoms with Gasteiger partial charge in [0.05, 0.1) is 0 Å². The summed E-state index contributed by atoms with van der Waals surface area (Å²) in [6.07, 6.45) is 8.96. The first kappa shape index (κ1) is 12.0. The molecule has 0 bridgehead atoms. The number of hydrogen-bond acceptors (Lipinski definition) is 2. The molecule has 0 spiro atoms. The lowest BCUT2D eigenvalue weighted by molar-refractivity contribution is 0.0951. The first-order valence-electron chi connectivity index (χ1n) is 6.11. The zero-order valence-electron chi connectivity index (χ0n) is 9.56. The average Bonchev–Trinajstić information content (AvgIpc) is 2.67. The molecule has 0 aliphatic heterocycles. The van der Waals surface area contributed by atoms with E-state index in [9.17, 15) is 0 Å². The molecule has 0 radical (unpaired) electrons. The average molecular weight is 199 g/mol. The topological polar surface area (TPSA) is 35.2 Å². The van der Waals surface area contributed by atoms with E-state index in [0.29, 0.717) is 5.41 Å². The van der Waals surface area contributed by atoms with E-state index in [-0.39, 0.29) is 0 Å². The normalized spacial score (nSPS) is 20.1. The monoisotopic (exact) mass is 199 g/mol.